The van der Waals surface area contributed by atoms with Crippen molar-refractivity contribution < 1.29 is 9.52 Å². The van der Waals surface area contributed by atoms with Crippen LogP contribution in [0.25, 0.3) is 0 Å². The van der Waals surface area contributed by atoms with Gasteiger partial charge < -0.3 is 14.8 Å². The molecule has 0 aliphatic heterocycles. The third-order valence-electron chi connectivity index (χ3n) is 4.41. The van der Waals surface area contributed by atoms with Crippen molar-refractivity contribution in [3.63, 3.8) is 0 Å². The van der Waals surface area contributed by atoms with Gasteiger partial charge in [0.1, 0.15) is 17.1 Å². The van der Waals surface area contributed by atoms with Crippen LogP contribution in [0.5, 0.6) is 0 Å². The lowest BCUT2D eigenvalue weighted by Crippen LogP contribution is -2.41. The highest BCUT2D eigenvalue weighted by atomic mass is 16.3. The van der Waals surface area contributed by atoms with E-state index in [-0.39, 0.29) is 0 Å². The quantitative estimate of drug-likeness (QED) is 0.908. The molecule has 1 aromatic carbocycles. The van der Waals surface area contributed by atoms with Crippen LogP contribution in [0.2, 0.25) is 0 Å². The van der Waals surface area contributed by atoms with Gasteiger partial charge in [-0.2, -0.15) is 0 Å². The molecule has 3 heteroatoms. The predicted octanol–water partition coefficient (Wildman–Crippen LogP) is 2.86. The molecule has 1 aromatic heterocycles. The van der Waals surface area contributed by atoms with Crippen molar-refractivity contribution in [1.29, 1.82) is 0 Å². The number of hydrogen-bond acceptors (Lipinski definition) is 3. The third kappa shape index (κ3) is 2.89. The average molecular weight is 285 g/mol. The molecule has 3 nitrogen and oxygen atoms in total. The van der Waals surface area contributed by atoms with Crippen LogP contribution in [-0.4, -0.2) is 17.7 Å². The fourth-order valence-electron chi connectivity index (χ4n) is 3.31. The molecule has 0 saturated heterocycles. The summed E-state index contributed by atoms with van der Waals surface area (Å²) in [6.45, 7) is 6.20. The molecule has 112 valence electrons. The van der Waals surface area contributed by atoms with E-state index in [1.165, 1.54) is 11.1 Å². The summed E-state index contributed by atoms with van der Waals surface area (Å²) < 4.78 is 5.54. The molecule has 2 N–H and O–H groups in total. The minimum Gasteiger partial charge on any atom is -0.466 e. The Morgan fingerprint density at radius 1 is 1.24 bits per heavy atom. The van der Waals surface area contributed by atoms with E-state index in [2.05, 4.69) is 29.6 Å². The highest BCUT2D eigenvalue weighted by molar-refractivity contribution is 5.33. The molecule has 1 aliphatic rings. The minimum absolute atomic E-state index is 0.405. The Hall–Kier alpha value is -1.58. The molecule has 0 amide bonds. The van der Waals surface area contributed by atoms with Crippen LogP contribution in [0.3, 0.4) is 0 Å². The molecule has 2 aromatic rings. The van der Waals surface area contributed by atoms with E-state index in [1.807, 2.05) is 26.8 Å². The lowest BCUT2D eigenvalue weighted by atomic mass is 9.95. The lowest BCUT2D eigenvalue weighted by Gasteiger charge is -2.25. The fourth-order valence-corrected chi connectivity index (χ4v) is 3.31. The third-order valence-corrected chi connectivity index (χ3v) is 4.41. The van der Waals surface area contributed by atoms with Crippen molar-refractivity contribution >= 4 is 0 Å². The van der Waals surface area contributed by atoms with Crippen molar-refractivity contribution in [2.45, 2.75) is 45.3 Å². The SMILES string of the molecule is Cc1cc(C(C)(O)CNC2Cc3ccccc3C2)c(C)o1. The monoisotopic (exact) mass is 285 g/mol. The Morgan fingerprint density at radius 2 is 1.86 bits per heavy atom. The number of aliphatic hydroxyl groups is 1. The van der Waals surface area contributed by atoms with Crippen molar-refractivity contribution in [2.75, 3.05) is 6.54 Å². The largest absolute Gasteiger partial charge is 0.466 e. The molecular weight excluding hydrogens is 262 g/mol. The summed E-state index contributed by atoms with van der Waals surface area (Å²) in [5, 5.41) is 14.2. The van der Waals surface area contributed by atoms with E-state index in [4.69, 9.17) is 4.42 Å². The predicted molar refractivity (Wildman–Crippen MR) is 83.4 cm³/mol. The topological polar surface area (TPSA) is 45.4 Å². The van der Waals surface area contributed by atoms with Gasteiger partial charge in [-0.1, -0.05) is 24.3 Å². The van der Waals surface area contributed by atoms with Gasteiger partial charge in [0.15, 0.2) is 0 Å². The number of benzene rings is 1. The molecule has 0 fully saturated rings. The first kappa shape index (κ1) is 14.4. The number of fused-ring (bicyclic) bond motifs is 1. The maximum atomic E-state index is 10.7. The van der Waals surface area contributed by atoms with Gasteiger partial charge in [-0.25, -0.2) is 0 Å². The molecule has 3 rings (SSSR count). The summed E-state index contributed by atoms with van der Waals surface area (Å²) in [5.41, 5.74) is 2.81. The zero-order chi connectivity index (χ0) is 15.0. The number of furan rings is 1. The van der Waals surface area contributed by atoms with Crippen LogP contribution in [0.15, 0.2) is 34.7 Å². The van der Waals surface area contributed by atoms with Gasteiger partial charge in [0.2, 0.25) is 0 Å². The van der Waals surface area contributed by atoms with Gasteiger partial charge in [0.05, 0.1) is 0 Å². The van der Waals surface area contributed by atoms with Crippen molar-refractivity contribution in [3.8, 4) is 0 Å². The van der Waals surface area contributed by atoms with Crippen molar-refractivity contribution in [3.05, 3.63) is 58.5 Å². The first-order valence-electron chi connectivity index (χ1n) is 7.56. The molecular formula is C18H23NO2. The molecule has 1 unspecified atom stereocenters. The number of aryl methyl sites for hydroxylation is 2. The van der Waals surface area contributed by atoms with Crippen LogP contribution >= 0.6 is 0 Å². The van der Waals surface area contributed by atoms with Gasteiger partial charge in [0, 0.05) is 18.2 Å². The van der Waals surface area contributed by atoms with E-state index in [0.717, 1.165) is 29.9 Å². The molecule has 0 bridgehead atoms. The Bertz CT molecular complexity index is 617. The second kappa shape index (κ2) is 5.32. The summed E-state index contributed by atoms with van der Waals surface area (Å²) in [7, 11) is 0. The Labute approximate surface area is 126 Å². The lowest BCUT2D eigenvalue weighted by molar-refractivity contribution is 0.0526. The maximum Gasteiger partial charge on any atom is 0.107 e. The zero-order valence-electron chi connectivity index (χ0n) is 12.9. The summed E-state index contributed by atoms with van der Waals surface area (Å²) >= 11 is 0. The first-order valence-corrected chi connectivity index (χ1v) is 7.56. The molecule has 0 radical (unpaired) electrons. The molecule has 1 atom stereocenters. The summed E-state index contributed by atoms with van der Waals surface area (Å²) in [6.07, 6.45) is 2.07. The first-order chi connectivity index (χ1) is 9.95. The summed E-state index contributed by atoms with van der Waals surface area (Å²) in [5.74, 6) is 1.64. The van der Waals surface area contributed by atoms with Gasteiger partial charge in [-0.05, 0) is 50.8 Å². The normalized spacial score (nSPS) is 17.7. The molecule has 0 saturated carbocycles. The van der Waals surface area contributed by atoms with E-state index in [0.29, 0.717) is 12.6 Å². The Morgan fingerprint density at radius 3 is 2.38 bits per heavy atom. The van der Waals surface area contributed by atoms with Crippen LogP contribution in [0.1, 0.15) is 35.1 Å². The molecule has 1 aliphatic carbocycles. The van der Waals surface area contributed by atoms with Gasteiger partial charge in [-0.3, -0.25) is 0 Å². The van der Waals surface area contributed by atoms with Crippen molar-refractivity contribution in [1.82, 2.24) is 5.32 Å². The highest BCUT2D eigenvalue weighted by Crippen LogP contribution is 2.27. The van der Waals surface area contributed by atoms with Crippen molar-refractivity contribution in [2.24, 2.45) is 0 Å². The van der Waals surface area contributed by atoms with Crippen LogP contribution in [-0.2, 0) is 18.4 Å². The minimum atomic E-state index is -0.906. The van der Waals surface area contributed by atoms with Crippen LogP contribution in [0, 0.1) is 13.8 Å². The molecule has 21 heavy (non-hydrogen) atoms. The zero-order valence-corrected chi connectivity index (χ0v) is 12.9. The summed E-state index contributed by atoms with van der Waals surface area (Å²) in [4.78, 5) is 0. The highest BCUT2D eigenvalue weighted by Gasteiger charge is 2.29. The number of hydrogen-bond donors (Lipinski definition) is 2. The maximum absolute atomic E-state index is 10.7. The van der Waals surface area contributed by atoms with E-state index >= 15 is 0 Å². The van der Waals surface area contributed by atoms with Gasteiger partial charge >= 0.3 is 0 Å². The summed E-state index contributed by atoms with van der Waals surface area (Å²) in [6, 6.07) is 10.9. The number of rotatable bonds is 4. The Balaban J connectivity index is 1.64. The fraction of sp³-hybridized carbons (Fsp3) is 0.444. The van der Waals surface area contributed by atoms with Crippen LogP contribution in [0.4, 0.5) is 0 Å². The molecule has 1 heterocycles. The standard InChI is InChI=1S/C18H23NO2/c1-12-8-17(13(2)21-12)18(3,20)11-19-16-9-14-6-4-5-7-15(14)10-16/h4-8,16,19-20H,9-11H2,1-3H3. The van der Waals surface area contributed by atoms with Gasteiger partial charge in [0.25, 0.3) is 0 Å². The second-order valence-corrected chi connectivity index (χ2v) is 6.36. The van der Waals surface area contributed by atoms with E-state index in [1.54, 1.807) is 0 Å². The smallest absolute Gasteiger partial charge is 0.107 e. The Kier molecular flexibility index (Phi) is 3.64. The average Bonchev–Trinajstić information content (AvgIpc) is 2.99. The second-order valence-electron chi connectivity index (χ2n) is 6.36. The van der Waals surface area contributed by atoms with Crippen LogP contribution < -0.4 is 5.32 Å². The van der Waals surface area contributed by atoms with Gasteiger partial charge in [-0.15, -0.1) is 0 Å². The number of nitrogens with one attached hydrogen (secondary N) is 1. The van der Waals surface area contributed by atoms with E-state index < -0.39 is 5.60 Å². The van der Waals surface area contributed by atoms with E-state index in [9.17, 15) is 5.11 Å². The molecule has 0 spiro atoms.